The number of rotatable bonds is 7. The maximum Gasteiger partial charge on any atom is 0.230 e. The number of amides is 1. The smallest absolute Gasteiger partial charge is 0.230 e. The number of aromatic nitrogens is 3. The minimum atomic E-state index is -0.0242. The van der Waals surface area contributed by atoms with Crippen molar-refractivity contribution in [2.45, 2.75) is 58.2 Å². The summed E-state index contributed by atoms with van der Waals surface area (Å²) >= 11 is 3.25. The van der Waals surface area contributed by atoms with Gasteiger partial charge >= 0.3 is 0 Å². The molecular formula is C21H32N4O2S2. The molecular weight excluding hydrogens is 404 g/mol. The molecule has 2 aromatic rings. The molecule has 2 atom stereocenters. The molecule has 0 saturated carbocycles. The van der Waals surface area contributed by atoms with E-state index in [1.807, 2.05) is 29.9 Å². The van der Waals surface area contributed by atoms with Gasteiger partial charge < -0.3 is 14.6 Å². The molecule has 0 aliphatic heterocycles. The number of methoxy groups -OCH3 is 1. The molecule has 1 aliphatic carbocycles. The van der Waals surface area contributed by atoms with Crippen molar-refractivity contribution in [3.8, 4) is 10.7 Å². The van der Waals surface area contributed by atoms with Gasteiger partial charge in [0.05, 0.1) is 17.2 Å². The van der Waals surface area contributed by atoms with E-state index >= 15 is 0 Å². The summed E-state index contributed by atoms with van der Waals surface area (Å²) in [5.41, 5.74) is 1.82. The van der Waals surface area contributed by atoms with Crippen LogP contribution in [0.15, 0.2) is 11.2 Å². The molecule has 29 heavy (non-hydrogen) atoms. The monoisotopic (exact) mass is 436 g/mol. The molecule has 0 saturated heterocycles. The molecule has 8 heteroatoms. The summed E-state index contributed by atoms with van der Waals surface area (Å²) in [4.78, 5) is 14.8. The fourth-order valence-corrected chi connectivity index (χ4v) is 5.72. The minimum Gasteiger partial charge on any atom is -0.383 e. The van der Waals surface area contributed by atoms with Crippen LogP contribution >= 0.6 is 23.1 Å². The topological polar surface area (TPSA) is 69.0 Å². The summed E-state index contributed by atoms with van der Waals surface area (Å²) in [7, 11) is 3.60. The van der Waals surface area contributed by atoms with Gasteiger partial charge in [0, 0.05) is 25.1 Å². The summed E-state index contributed by atoms with van der Waals surface area (Å²) in [6, 6.07) is 2.30. The molecule has 3 rings (SSSR count). The zero-order chi connectivity index (χ0) is 21.2. The molecule has 0 bridgehead atoms. The van der Waals surface area contributed by atoms with E-state index in [9.17, 15) is 4.79 Å². The highest BCUT2D eigenvalue weighted by Crippen LogP contribution is 2.42. The Morgan fingerprint density at radius 2 is 2.21 bits per heavy atom. The predicted octanol–water partition coefficient (Wildman–Crippen LogP) is 3.94. The van der Waals surface area contributed by atoms with Crippen LogP contribution < -0.4 is 5.32 Å². The van der Waals surface area contributed by atoms with Gasteiger partial charge in [-0.1, -0.05) is 32.5 Å². The average molecular weight is 437 g/mol. The molecule has 2 unspecified atom stereocenters. The first-order valence-corrected chi connectivity index (χ1v) is 11.9. The molecule has 1 amide bonds. The van der Waals surface area contributed by atoms with E-state index in [0.29, 0.717) is 17.8 Å². The van der Waals surface area contributed by atoms with Gasteiger partial charge in [0.25, 0.3) is 0 Å². The fourth-order valence-electron chi connectivity index (χ4n) is 3.77. The van der Waals surface area contributed by atoms with Crippen LogP contribution in [-0.4, -0.2) is 46.2 Å². The number of fused-ring (bicyclic) bond motifs is 1. The highest BCUT2D eigenvalue weighted by Gasteiger charge is 2.30. The van der Waals surface area contributed by atoms with Crippen LogP contribution in [0, 0.1) is 11.3 Å². The number of nitrogens with zero attached hydrogens (tertiary/aromatic N) is 3. The molecule has 160 valence electrons. The Balaban J connectivity index is 1.66. The third-order valence-electron chi connectivity index (χ3n) is 5.52. The largest absolute Gasteiger partial charge is 0.383 e. The molecule has 1 N–H and O–H groups in total. The highest BCUT2D eigenvalue weighted by molar-refractivity contribution is 7.99. The lowest BCUT2D eigenvalue weighted by molar-refractivity contribution is -0.119. The summed E-state index contributed by atoms with van der Waals surface area (Å²) in [5.74, 6) is 1.90. The van der Waals surface area contributed by atoms with E-state index in [-0.39, 0.29) is 11.9 Å². The first-order chi connectivity index (χ1) is 13.7. The second kappa shape index (κ2) is 9.18. The van der Waals surface area contributed by atoms with Crippen LogP contribution in [0.25, 0.3) is 10.7 Å². The molecule has 0 spiro atoms. The third-order valence-corrected chi connectivity index (χ3v) is 7.77. The van der Waals surface area contributed by atoms with Crippen molar-refractivity contribution in [3.63, 3.8) is 0 Å². The second-order valence-corrected chi connectivity index (χ2v) is 11.0. The Morgan fingerprint density at radius 3 is 2.90 bits per heavy atom. The van der Waals surface area contributed by atoms with Crippen LogP contribution in [0.5, 0.6) is 0 Å². The molecule has 1 aliphatic rings. The van der Waals surface area contributed by atoms with E-state index < -0.39 is 0 Å². The van der Waals surface area contributed by atoms with E-state index in [2.05, 4.69) is 42.4 Å². The van der Waals surface area contributed by atoms with Gasteiger partial charge in [0.1, 0.15) is 0 Å². The van der Waals surface area contributed by atoms with Gasteiger partial charge in [-0.3, -0.25) is 4.79 Å². The zero-order valence-electron chi connectivity index (χ0n) is 18.2. The Labute approximate surface area is 181 Å². The summed E-state index contributed by atoms with van der Waals surface area (Å²) in [5, 5.41) is 12.4. The molecule has 2 heterocycles. The number of nitrogens with one attached hydrogen (secondary N) is 1. The molecule has 0 radical (unpaired) electrons. The minimum absolute atomic E-state index is 0.00230. The predicted molar refractivity (Wildman–Crippen MR) is 119 cm³/mol. The molecule has 0 fully saturated rings. The van der Waals surface area contributed by atoms with Crippen molar-refractivity contribution in [1.82, 2.24) is 20.1 Å². The number of hydrogen-bond donors (Lipinski definition) is 1. The van der Waals surface area contributed by atoms with Crippen molar-refractivity contribution in [1.29, 1.82) is 0 Å². The van der Waals surface area contributed by atoms with Gasteiger partial charge in [-0.15, -0.1) is 21.5 Å². The van der Waals surface area contributed by atoms with Crippen LogP contribution in [0.4, 0.5) is 0 Å². The van der Waals surface area contributed by atoms with E-state index in [0.717, 1.165) is 29.7 Å². The average Bonchev–Trinajstić information content (AvgIpc) is 3.21. The fraction of sp³-hybridized carbons (Fsp3) is 0.667. The maximum absolute atomic E-state index is 12.1. The van der Waals surface area contributed by atoms with E-state index in [1.54, 1.807) is 7.11 Å². The van der Waals surface area contributed by atoms with Gasteiger partial charge in [-0.25, -0.2) is 0 Å². The van der Waals surface area contributed by atoms with Crippen molar-refractivity contribution >= 4 is 29.0 Å². The lowest BCUT2D eigenvalue weighted by Crippen LogP contribution is -2.36. The first kappa shape index (κ1) is 22.3. The maximum atomic E-state index is 12.1. The number of thiophene rings is 1. The van der Waals surface area contributed by atoms with Crippen molar-refractivity contribution in [2.24, 2.45) is 18.4 Å². The van der Waals surface area contributed by atoms with Crippen LogP contribution in [-0.2, 0) is 29.4 Å². The lowest BCUT2D eigenvalue weighted by Gasteiger charge is -2.33. The second-order valence-electron chi connectivity index (χ2n) is 8.94. The molecule has 6 nitrogen and oxygen atoms in total. The van der Waals surface area contributed by atoms with Gasteiger partial charge in [0.15, 0.2) is 11.0 Å². The zero-order valence-corrected chi connectivity index (χ0v) is 19.9. The van der Waals surface area contributed by atoms with E-state index in [1.165, 1.54) is 33.5 Å². The van der Waals surface area contributed by atoms with Crippen LogP contribution in [0.3, 0.4) is 0 Å². The standard InChI is InChI=1S/C21H32N4O2S2/c1-13(11-27-6)22-18(26)12-28-20-24-23-19(25(20)5)17-10-14-9-15(21(2,3)4)7-8-16(14)29-17/h10,13,15H,7-9,11-12H2,1-6H3,(H,22,26). The van der Waals surface area contributed by atoms with Crippen molar-refractivity contribution < 1.29 is 9.53 Å². The van der Waals surface area contributed by atoms with Crippen LogP contribution in [0.2, 0.25) is 0 Å². The normalized spacial score (nSPS) is 17.8. The SMILES string of the molecule is COCC(C)NC(=O)CSc1nnc(-c2cc3c(s2)CCC(C(C)(C)C)C3)n1C. The van der Waals surface area contributed by atoms with E-state index in [4.69, 9.17) is 4.74 Å². The Bertz CT molecular complexity index is 853. The number of ether oxygens (including phenoxy) is 1. The third kappa shape index (κ3) is 5.41. The molecule has 2 aromatic heterocycles. The summed E-state index contributed by atoms with van der Waals surface area (Å²) < 4.78 is 7.05. The number of hydrogen-bond acceptors (Lipinski definition) is 6. The van der Waals surface area contributed by atoms with Crippen molar-refractivity contribution in [2.75, 3.05) is 19.5 Å². The quantitative estimate of drug-likeness (QED) is 0.666. The van der Waals surface area contributed by atoms with Crippen molar-refractivity contribution in [3.05, 3.63) is 16.5 Å². The van der Waals surface area contributed by atoms with Crippen LogP contribution in [0.1, 0.15) is 44.6 Å². The van der Waals surface area contributed by atoms with Gasteiger partial charge in [-0.05, 0) is 49.1 Å². The van der Waals surface area contributed by atoms with Gasteiger partial charge in [-0.2, -0.15) is 0 Å². The van der Waals surface area contributed by atoms with Gasteiger partial charge in [0.2, 0.25) is 5.91 Å². The first-order valence-electron chi connectivity index (χ1n) is 10.1. The highest BCUT2D eigenvalue weighted by atomic mass is 32.2. The Morgan fingerprint density at radius 1 is 1.45 bits per heavy atom. The number of thioether (sulfide) groups is 1. The number of carbonyl (C=O) groups is 1. The number of carbonyl (C=O) groups excluding carboxylic acids is 1. The summed E-state index contributed by atoms with van der Waals surface area (Å²) in [6.45, 7) is 9.45. The molecule has 0 aromatic carbocycles. The Hall–Kier alpha value is -1.38. The lowest BCUT2D eigenvalue weighted by atomic mass is 9.72. The Kier molecular flexibility index (Phi) is 7.06. The summed E-state index contributed by atoms with van der Waals surface area (Å²) in [6.07, 6.45) is 3.56. The number of aryl methyl sites for hydroxylation is 1.